The van der Waals surface area contributed by atoms with Crippen molar-refractivity contribution in [2.45, 2.75) is 25.6 Å². The zero-order chi connectivity index (χ0) is 21.6. The van der Waals surface area contributed by atoms with Gasteiger partial charge in [0.1, 0.15) is 23.9 Å². The highest BCUT2D eigenvalue weighted by molar-refractivity contribution is 5.45. The minimum Gasteiger partial charge on any atom is -0.496 e. The van der Waals surface area contributed by atoms with Crippen molar-refractivity contribution < 1.29 is 19.3 Å². The van der Waals surface area contributed by atoms with Crippen molar-refractivity contribution in [1.29, 1.82) is 0 Å². The maximum atomic E-state index is 10.8. The van der Waals surface area contributed by atoms with Crippen LogP contribution < -0.4 is 14.2 Å². The maximum Gasteiger partial charge on any atom is 0.127 e. The number of nitrogens with zero attached hydrogens (tertiary/aromatic N) is 1. The number of benzene rings is 3. The molecule has 4 rings (SSSR count). The molecule has 1 N–H and O–H groups in total. The lowest BCUT2D eigenvalue weighted by atomic mass is 9.99. The number of aliphatic hydroxyl groups excluding tert-OH is 1. The lowest BCUT2D eigenvalue weighted by molar-refractivity contribution is 0.178. The standard InChI is InChI=1S/C26H29NO4/c1-29-25-9-6-10-26(30-2)22(25)18-27-13-14-31-24-12-11-20(16-21(24)17-27)23(28)15-19-7-4-3-5-8-19/h3-12,16,23,28H,13-15,17-18H2,1-2H3/t23-/m1/s1. The summed E-state index contributed by atoms with van der Waals surface area (Å²) in [5, 5.41) is 10.8. The lowest BCUT2D eigenvalue weighted by Gasteiger charge is -2.22. The highest BCUT2D eigenvalue weighted by atomic mass is 16.5. The van der Waals surface area contributed by atoms with Crippen LogP contribution >= 0.6 is 0 Å². The molecule has 31 heavy (non-hydrogen) atoms. The van der Waals surface area contributed by atoms with Gasteiger partial charge in [0.2, 0.25) is 0 Å². The highest BCUT2D eigenvalue weighted by Gasteiger charge is 2.20. The van der Waals surface area contributed by atoms with Gasteiger partial charge in [0.25, 0.3) is 0 Å². The Hall–Kier alpha value is -3.02. The highest BCUT2D eigenvalue weighted by Crippen LogP contribution is 2.32. The average molecular weight is 420 g/mol. The fourth-order valence-corrected chi connectivity index (χ4v) is 4.07. The molecular formula is C26H29NO4. The normalized spacial score (nSPS) is 14.8. The predicted octanol–water partition coefficient (Wildman–Crippen LogP) is 4.37. The summed E-state index contributed by atoms with van der Waals surface area (Å²) in [5.74, 6) is 2.51. The Bertz CT molecular complexity index is 983. The SMILES string of the molecule is COc1cccc(OC)c1CN1CCOc2ccc([C@H](O)Cc3ccccc3)cc2C1. The van der Waals surface area contributed by atoms with Gasteiger partial charge in [0, 0.05) is 31.6 Å². The molecular weight excluding hydrogens is 390 g/mol. The second kappa shape index (κ2) is 9.86. The Kier molecular flexibility index (Phi) is 6.75. The number of hydrogen-bond acceptors (Lipinski definition) is 5. The van der Waals surface area contributed by atoms with Crippen molar-refractivity contribution in [3.05, 3.63) is 89.0 Å². The molecule has 0 saturated heterocycles. The van der Waals surface area contributed by atoms with E-state index in [0.717, 1.165) is 52.6 Å². The third-order valence-corrected chi connectivity index (χ3v) is 5.71. The predicted molar refractivity (Wildman–Crippen MR) is 121 cm³/mol. The molecule has 0 aliphatic carbocycles. The summed E-state index contributed by atoms with van der Waals surface area (Å²) >= 11 is 0. The Morgan fingerprint density at radius 3 is 2.42 bits per heavy atom. The minimum absolute atomic E-state index is 0.557. The van der Waals surface area contributed by atoms with E-state index in [1.807, 2.05) is 60.7 Å². The second-order valence-corrected chi connectivity index (χ2v) is 7.77. The van der Waals surface area contributed by atoms with Crippen LogP contribution in [0.5, 0.6) is 17.2 Å². The summed E-state index contributed by atoms with van der Waals surface area (Å²) in [6, 6.07) is 21.9. The molecule has 3 aromatic carbocycles. The van der Waals surface area contributed by atoms with Crippen molar-refractivity contribution in [1.82, 2.24) is 4.90 Å². The molecule has 5 heteroatoms. The number of rotatable bonds is 7. The van der Waals surface area contributed by atoms with Gasteiger partial charge in [-0.2, -0.15) is 0 Å². The van der Waals surface area contributed by atoms with Gasteiger partial charge >= 0.3 is 0 Å². The topological polar surface area (TPSA) is 51.2 Å². The van der Waals surface area contributed by atoms with Crippen LogP contribution in [0, 0.1) is 0 Å². The first-order valence-corrected chi connectivity index (χ1v) is 10.6. The summed E-state index contributed by atoms with van der Waals surface area (Å²) < 4.78 is 17.1. The average Bonchev–Trinajstić information content (AvgIpc) is 3.01. The van der Waals surface area contributed by atoms with Crippen LogP contribution in [-0.2, 0) is 19.5 Å². The first-order valence-electron chi connectivity index (χ1n) is 10.6. The van der Waals surface area contributed by atoms with Gasteiger partial charge < -0.3 is 19.3 Å². The van der Waals surface area contributed by atoms with Crippen LogP contribution in [0.3, 0.4) is 0 Å². The van der Waals surface area contributed by atoms with Gasteiger partial charge in [-0.15, -0.1) is 0 Å². The molecule has 5 nitrogen and oxygen atoms in total. The molecule has 0 saturated carbocycles. The van der Waals surface area contributed by atoms with E-state index in [9.17, 15) is 5.11 Å². The third-order valence-electron chi connectivity index (χ3n) is 5.71. The number of aliphatic hydroxyl groups is 1. The maximum absolute atomic E-state index is 10.8. The van der Waals surface area contributed by atoms with Gasteiger partial charge in [-0.1, -0.05) is 42.5 Å². The summed E-state index contributed by atoms with van der Waals surface area (Å²) in [4.78, 5) is 2.32. The molecule has 1 atom stereocenters. The fraction of sp³-hybridized carbons (Fsp3) is 0.308. The monoisotopic (exact) mass is 419 g/mol. The van der Waals surface area contributed by atoms with Crippen molar-refractivity contribution >= 4 is 0 Å². The van der Waals surface area contributed by atoms with E-state index < -0.39 is 6.10 Å². The van der Waals surface area contributed by atoms with E-state index in [1.165, 1.54) is 0 Å². The number of methoxy groups -OCH3 is 2. The number of hydrogen-bond donors (Lipinski definition) is 1. The van der Waals surface area contributed by atoms with Crippen molar-refractivity contribution in [2.24, 2.45) is 0 Å². The molecule has 1 aliphatic heterocycles. The van der Waals surface area contributed by atoms with Crippen LogP contribution in [-0.4, -0.2) is 37.4 Å². The molecule has 1 heterocycles. The number of ether oxygens (including phenoxy) is 3. The van der Waals surface area contributed by atoms with Crippen LogP contribution in [0.1, 0.15) is 28.4 Å². The Morgan fingerprint density at radius 2 is 1.71 bits per heavy atom. The molecule has 0 fully saturated rings. The Morgan fingerprint density at radius 1 is 0.968 bits per heavy atom. The smallest absolute Gasteiger partial charge is 0.127 e. The van der Waals surface area contributed by atoms with Crippen LogP contribution in [0.2, 0.25) is 0 Å². The molecule has 0 aromatic heterocycles. The zero-order valence-corrected chi connectivity index (χ0v) is 18.1. The van der Waals surface area contributed by atoms with Gasteiger partial charge in [0.05, 0.1) is 25.9 Å². The number of fused-ring (bicyclic) bond motifs is 1. The Labute approximate surface area is 183 Å². The van der Waals surface area contributed by atoms with Gasteiger partial charge in [-0.3, -0.25) is 4.90 Å². The molecule has 0 radical (unpaired) electrons. The van der Waals surface area contributed by atoms with Crippen LogP contribution in [0.25, 0.3) is 0 Å². The minimum atomic E-state index is -0.557. The molecule has 1 aliphatic rings. The fourth-order valence-electron chi connectivity index (χ4n) is 4.07. The van der Waals surface area contributed by atoms with Crippen LogP contribution in [0.4, 0.5) is 0 Å². The molecule has 0 amide bonds. The summed E-state index contributed by atoms with van der Waals surface area (Å²) in [6.45, 7) is 2.81. The summed E-state index contributed by atoms with van der Waals surface area (Å²) in [5.41, 5.74) is 4.13. The van der Waals surface area contributed by atoms with E-state index >= 15 is 0 Å². The molecule has 0 bridgehead atoms. The molecule has 162 valence electrons. The van der Waals surface area contributed by atoms with Crippen molar-refractivity contribution in [3.8, 4) is 17.2 Å². The molecule has 0 unspecified atom stereocenters. The van der Waals surface area contributed by atoms with Gasteiger partial charge in [-0.05, 0) is 35.4 Å². The Balaban J connectivity index is 1.54. The lowest BCUT2D eigenvalue weighted by Crippen LogP contribution is -2.25. The van der Waals surface area contributed by atoms with E-state index in [1.54, 1.807) is 14.2 Å². The van der Waals surface area contributed by atoms with Gasteiger partial charge in [-0.25, -0.2) is 0 Å². The van der Waals surface area contributed by atoms with Crippen molar-refractivity contribution in [3.63, 3.8) is 0 Å². The first kappa shape index (κ1) is 21.2. The largest absolute Gasteiger partial charge is 0.496 e. The third kappa shape index (κ3) is 5.01. The van der Waals surface area contributed by atoms with Crippen LogP contribution in [0.15, 0.2) is 66.7 Å². The van der Waals surface area contributed by atoms with E-state index in [-0.39, 0.29) is 0 Å². The van der Waals surface area contributed by atoms with Crippen molar-refractivity contribution in [2.75, 3.05) is 27.4 Å². The van der Waals surface area contributed by atoms with E-state index in [2.05, 4.69) is 11.0 Å². The molecule has 0 spiro atoms. The second-order valence-electron chi connectivity index (χ2n) is 7.77. The summed E-state index contributed by atoms with van der Waals surface area (Å²) in [7, 11) is 3.36. The van der Waals surface area contributed by atoms with E-state index in [0.29, 0.717) is 19.6 Å². The quantitative estimate of drug-likeness (QED) is 0.616. The zero-order valence-electron chi connectivity index (χ0n) is 18.1. The molecule has 3 aromatic rings. The first-order chi connectivity index (χ1) is 15.2. The van der Waals surface area contributed by atoms with E-state index in [4.69, 9.17) is 14.2 Å². The van der Waals surface area contributed by atoms with Gasteiger partial charge in [0.15, 0.2) is 0 Å². The summed E-state index contributed by atoms with van der Waals surface area (Å²) in [6.07, 6.45) is 0.0292.